The van der Waals surface area contributed by atoms with Crippen LogP contribution in [0.2, 0.25) is 0 Å². The van der Waals surface area contributed by atoms with Crippen molar-refractivity contribution in [2.24, 2.45) is 0 Å². The molecule has 78 valence electrons. The molecule has 2 N–H and O–H groups in total. The third kappa shape index (κ3) is 1.33. The number of carbonyl (C=O) groups is 2. The minimum absolute atomic E-state index is 0.176. The quantitative estimate of drug-likeness (QED) is 0.474. The highest BCUT2D eigenvalue weighted by atomic mass is 16.2. The maximum atomic E-state index is 11.7. The molecule has 2 rings (SSSR count). The van der Waals surface area contributed by atoms with Gasteiger partial charge < -0.3 is 4.90 Å². The van der Waals surface area contributed by atoms with Gasteiger partial charge in [0.25, 0.3) is 0 Å². The summed E-state index contributed by atoms with van der Waals surface area (Å²) in [4.78, 5) is 25.0. The zero-order valence-electron chi connectivity index (χ0n) is 8.46. The standard InChI is InChI=1S/C9H15N3O2/c1-6-7(13)10-8(14)9(11-6)3-4-12(2)5-9/h6,11H,3-5H2,1-2H3,(H,10,13,14). The SMILES string of the molecule is CC1NC2(CCN(C)C2)C(=O)NC1=O. The Morgan fingerprint density at radius 3 is 2.79 bits per heavy atom. The molecule has 2 atom stereocenters. The van der Waals surface area contributed by atoms with Crippen molar-refractivity contribution < 1.29 is 9.59 Å². The van der Waals surface area contributed by atoms with Crippen LogP contribution in [0.25, 0.3) is 0 Å². The minimum atomic E-state index is -0.540. The minimum Gasteiger partial charge on any atom is -0.304 e. The fourth-order valence-corrected chi connectivity index (χ4v) is 2.19. The van der Waals surface area contributed by atoms with Crippen LogP contribution in [0.4, 0.5) is 0 Å². The molecule has 1 spiro atoms. The highest BCUT2D eigenvalue weighted by Crippen LogP contribution is 2.23. The summed E-state index contributed by atoms with van der Waals surface area (Å²) in [7, 11) is 1.98. The van der Waals surface area contributed by atoms with E-state index in [0.717, 1.165) is 13.0 Å². The van der Waals surface area contributed by atoms with Crippen molar-refractivity contribution in [3.05, 3.63) is 0 Å². The van der Waals surface area contributed by atoms with E-state index in [9.17, 15) is 9.59 Å². The maximum absolute atomic E-state index is 11.7. The molecule has 0 aliphatic carbocycles. The monoisotopic (exact) mass is 197 g/mol. The Labute approximate surface area is 82.8 Å². The number of imide groups is 1. The first-order valence-electron chi connectivity index (χ1n) is 4.85. The molecule has 0 saturated carbocycles. The van der Waals surface area contributed by atoms with Gasteiger partial charge in [-0.2, -0.15) is 0 Å². The second-order valence-corrected chi connectivity index (χ2v) is 4.25. The molecule has 2 aliphatic heterocycles. The Kier molecular flexibility index (Phi) is 2.08. The number of hydrogen-bond donors (Lipinski definition) is 2. The van der Waals surface area contributed by atoms with Gasteiger partial charge in [-0.3, -0.25) is 20.2 Å². The summed E-state index contributed by atoms with van der Waals surface area (Å²) < 4.78 is 0. The van der Waals surface area contributed by atoms with E-state index in [1.54, 1.807) is 6.92 Å². The topological polar surface area (TPSA) is 61.4 Å². The lowest BCUT2D eigenvalue weighted by atomic mass is 9.93. The number of nitrogens with one attached hydrogen (secondary N) is 2. The molecule has 2 aliphatic rings. The number of likely N-dealkylation sites (tertiary alicyclic amines) is 1. The molecule has 0 bridgehead atoms. The summed E-state index contributed by atoms with van der Waals surface area (Å²) in [6, 6.07) is -0.279. The van der Waals surface area contributed by atoms with E-state index in [2.05, 4.69) is 15.5 Å². The van der Waals surface area contributed by atoms with Crippen molar-refractivity contribution in [2.75, 3.05) is 20.1 Å². The summed E-state index contributed by atoms with van der Waals surface area (Å²) in [6.07, 6.45) is 0.771. The van der Waals surface area contributed by atoms with E-state index < -0.39 is 5.54 Å². The maximum Gasteiger partial charge on any atom is 0.248 e. The molecule has 0 aromatic heterocycles. The van der Waals surface area contributed by atoms with Crippen LogP contribution in [0.1, 0.15) is 13.3 Å². The largest absolute Gasteiger partial charge is 0.304 e. The molecule has 2 unspecified atom stereocenters. The molecule has 2 heterocycles. The second kappa shape index (κ2) is 3.03. The van der Waals surface area contributed by atoms with Crippen molar-refractivity contribution in [3.8, 4) is 0 Å². The van der Waals surface area contributed by atoms with E-state index in [1.807, 2.05) is 7.05 Å². The van der Waals surface area contributed by atoms with Crippen molar-refractivity contribution in [2.45, 2.75) is 24.9 Å². The Morgan fingerprint density at radius 1 is 1.50 bits per heavy atom. The summed E-state index contributed by atoms with van der Waals surface area (Å²) in [5, 5.41) is 5.53. The highest BCUT2D eigenvalue weighted by Gasteiger charge is 2.48. The number of rotatable bonds is 0. The fraction of sp³-hybridized carbons (Fsp3) is 0.778. The van der Waals surface area contributed by atoms with Crippen molar-refractivity contribution in [1.29, 1.82) is 0 Å². The van der Waals surface area contributed by atoms with Gasteiger partial charge in [-0.1, -0.05) is 0 Å². The van der Waals surface area contributed by atoms with Gasteiger partial charge in [-0.05, 0) is 20.4 Å². The Balaban J connectivity index is 2.19. The summed E-state index contributed by atoms with van der Waals surface area (Å²) in [5.41, 5.74) is -0.540. The smallest absolute Gasteiger partial charge is 0.248 e. The van der Waals surface area contributed by atoms with Gasteiger partial charge in [0, 0.05) is 13.1 Å². The number of likely N-dealkylation sites (N-methyl/N-ethyl adjacent to an activating group) is 1. The fourth-order valence-electron chi connectivity index (χ4n) is 2.19. The predicted octanol–water partition coefficient (Wildman–Crippen LogP) is -1.30. The van der Waals surface area contributed by atoms with Gasteiger partial charge in [0.15, 0.2) is 0 Å². The molecule has 0 aromatic carbocycles. The van der Waals surface area contributed by atoms with E-state index in [0.29, 0.717) is 6.54 Å². The van der Waals surface area contributed by atoms with Crippen LogP contribution in [0, 0.1) is 0 Å². The molecule has 0 radical (unpaired) electrons. The average molecular weight is 197 g/mol. The summed E-state index contributed by atoms with van der Waals surface area (Å²) in [6.45, 7) is 3.35. The zero-order valence-corrected chi connectivity index (χ0v) is 8.46. The molecule has 0 aromatic rings. The highest BCUT2D eigenvalue weighted by molar-refractivity contribution is 6.05. The first-order valence-corrected chi connectivity index (χ1v) is 4.85. The molecule has 5 heteroatoms. The lowest BCUT2D eigenvalue weighted by Gasteiger charge is -2.36. The van der Waals surface area contributed by atoms with E-state index in [1.165, 1.54) is 0 Å². The van der Waals surface area contributed by atoms with Gasteiger partial charge in [-0.25, -0.2) is 0 Å². The van der Waals surface area contributed by atoms with Crippen molar-refractivity contribution in [3.63, 3.8) is 0 Å². The van der Waals surface area contributed by atoms with Crippen LogP contribution < -0.4 is 10.6 Å². The van der Waals surface area contributed by atoms with Crippen LogP contribution in [-0.2, 0) is 9.59 Å². The number of nitrogens with zero attached hydrogens (tertiary/aromatic N) is 1. The van der Waals surface area contributed by atoms with Gasteiger partial charge in [0.1, 0.15) is 5.54 Å². The number of amides is 2. The normalized spacial score (nSPS) is 39.1. The molecule has 14 heavy (non-hydrogen) atoms. The number of hydrogen-bond acceptors (Lipinski definition) is 4. The first-order chi connectivity index (χ1) is 6.53. The molecule has 2 fully saturated rings. The van der Waals surface area contributed by atoms with Crippen LogP contribution >= 0.6 is 0 Å². The van der Waals surface area contributed by atoms with Crippen LogP contribution in [0.15, 0.2) is 0 Å². The third-order valence-corrected chi connectivity index (χ3v) is 3.02. The number of piperazine rings is 1. The lowest BCUT2D eigenvalue weighted by Crippen LogP contribution is -2.69. The van der Waals surface area contributed by atoms with Crippen LogP contribution in [0.5, 0.6) is 0 Å². The van der Waals surface area contributed by atoms with Crippen molar-refractivity contribution in [1.82, 2.24) is 15.5 Å². The van der Waals surface area contributed by atoms with Gasteiger partial charge in [0.05, 0.1) is 6.04 Å². The van der Waals surface area contributed by atoms with E-state index in [4.69, 9.17) is 0 Å². The average Bonchev–Trinajstić information content (AvgIpc) is 2.46. The summed E-state index contributed by atoms with van der Waals surface area (Å²) in [5.74, 6) is -0.403. The van der Waals surface area contributed by atoms with Crippen LogP contribution in [-0.4, -0.2) is 48.4 Å². The Morgan fingerprint density at radius 2 is 2.21 bits per heavy atom. The first kappa shape index (κ1) is 9.61. The summed E-state index contributed by atoms with van der Waals surface area (Å²) >= 11 is 0. The number of carbonyl (C=O) groups excluding carboxylic acids is 2. The zero-order chi connectivity index (χ0) is 10.3. The predicted molar refractivity (Wildman–Crippen MR) is 50.6 cm³/mol. The second-order valence-electron chi connectivity index (χ2n) is 4.25. The lowest BCUT2D eigenvalue weighted by molar-refractivity contribution is -0.140. The van der Waals surface area contributed by atoms with Crippen molar-refractivity contribution >= 4 is 11.8 Å². The van der Waals surface area contributed by atoms with Gasteiger partial charge in [0.2, 0.25) is 11.8 Å². The van der Waals surface area contributed by atoms with Gasteiger partial charge >= 0.3 is 0 Å². The van der Waals surface area contributed by atoms with E-state index >= 15 is 0 Å². The molecule has 2 saturated heterocycles. The Hall–Kier alpha value is -0.940. The van der Waals surface area contributed by atoms with Gasteiger partial charge in [-0.15, -0.1) is 0 Å². The molecule has 5 nitrogen and oxygen atoms in total. The van der Waals surface area contributed by atoms with Crippen LogP contribution in [0.3, 0.4) is 0 Å². The molecular formula is C9H15N3O2. The van der Waals surface area contributed by atoms with E-state index in [-0.39, 0.29) is 17.9 Å². The Bertz CT molecular complexity index is 292. The molecular weight excluding hydrogens is 182 g/mol. The molecule has 2 amide bonds. The third-order valence-electron chi connectivity index (χ3n) is 3.02.